The molecular formula is C24H18N2O2. The number of ether oxygens (including phenoxy) is 1. The van der Waals surface area contributed by atoms with Gasteiger partial charge in [0.1, 0.15) is 0 Å². The number of anilines is 1. The fraction of sp³-hybridized carbons (Fsp3) is 0.0417. The van der Waals surface area contributed by atoms with Crippen LogP contribution in [-0.4, -0.2) is 17.6 Å². The van der Waals surface area contributed by atoms with Gasteiger partial charge in [-0.2, -0.15) is 0 Å². The molecule has 0 saturated heterocycles. The largest absolute Gasteiger partial charge is 0.481 e. The van der Waals surface area contributed by atoms with Crippen LogP contribution in [-0.2, 0) is 4.79 Å². The van der Waals surface area contributed by atoms with E-state index in [1.54, 1.807) is 7.11 Å². The van der Waals surface area contributed by atoms with Crippen molar-refractivity contribution in [3.8, 4) is 11.6 Å². The number of benzene rings is 3. The molecule has 1 amide bonds. The van der Waals surface area contributed by atoms with Gasteiger partial charge in [-0.15, -0.1) is 0 Å². The van der Waals surface area contributed by atoms with Gasteiger partial charge in [-0.25, -0.2) is 0 Å². The molecule has 0 radical (unpaired) electrons. The summed E-state index contributed by atoms with van der Waals surface area (Å²) in [6.45, 7) is 0. The summed E-state index contributed by atoms with van der Waals surface area (Å²) in [4.78, 5) is 12.6. The number of nitrogens with zero attached hydrogens (tertiary/aromatic N) is 1. The number of nitrogens with one attached hydrogen (secondary N) is 1. The van der Waals surface area contributed by atoms with E-state index in [2.05, 4.69) is 22.0 Å². The Bertz CT molecular complexity index is 1240. The molecule has 1 aliphatic rings. The van der Waals surface area contributed by atoms with Crippen LogP contribution >= 0.6 is 0 Å². The third-order valence-corrected chi connectivity index (χ3v) is 5.08. The molecule has 0 saturated carbocycles. The molecule has 0 spiro atoms. The smallest absolute Gasteiger partial charge is 0.256 e. The number of carbonyl (C=O) groups is 1. The molecule has 0 bridgehead atoms. The molecule has 0 fully saturated rings. The number of aromatic nitrogens is 1. The number of amides is 1. The predicted molar refractivity (Wildman–Crippen MR) is 113 cm³/mol. The number of para-hydroxylation sites is 3. The molecule has 3 aromatic carbocycles. The Labute approximate surface area is 162 Å². The SMILES string of the molecule is COc1c(/C=C2/C(=O)Nc3ccccc32)c2ccccc2n1-c1ccccc1. The average Bonchev–Trinajstić information content (AvgIpc) is 3.23. The Morgan fingerprint density at radius 3 is 2.43 bits per heavy atom. The maximum atomic E-state index is 12.6. The summed E-state index contributed by atoms with van der Waals surface area (Å²) in [6.07, 6.45) is 1.93. The lowest BCUT2D eigenvalue weighted by Gasteiger charge is -2.10. The quantitative estimate of drug-likeness (QED) is 0.511. The highest BCUT2D eigenvalue weighted by Gasteiger charge is 2.26. The Morgan fingerprint density at radius 1 is 0.893 bits per heavy atom. The van der Waals surface area contributed by atoms with Crippen molar-refractivity contribution in [2.24, 2.45) is 0 Å². The number of hydrogen-bond acceptors (Lipinski definition) is 2. The lowest BCUT2D eigenvalue weighted by Crippen LogP contribution is -2.03. The minimum atomic E-state index is -0.0974. The molecule has 4 nitrogen and oxygen atoms in total. The van der Waals surface area contributed by atoms with Gasteiger partial charge in [-0.1, -0.05) is 54.6 Å². The fourth-order valence-corrected chi connectivity index (χ4v) is 3.84. The minimum Gasteiger partial charge on any atom is -0.481 e. The molecule has 136 valence electrons. The first-order chi connectivity index (χ1) is 13.8. The molecule has 28 heavy (non-hydrogen) atoms. The first kappa shape index (κ1) is 16.4. The zero-order valence-corrected chi connectivity index (χ0v) is 15.3. The number of methoxy groups -OCH3 is 1. The van der Waals surface area contributed by atoms with Crippen molar-refractivity contribution in [3.05, 3.63) is 90.0 Å². The van der Waals surface area contributed by atoms with Crippen LogP contribution < -0.4 is 10.1 Å². The van der Waals surface area contributed by atoms with Gasteiger partial charge in [0, 0.05) is 33.5 Å². The third-order valence-electron chi connectivity index (χ3n) is 5.08. The van der Waals surface area contributed by atoms with Crippen LogP contribution in [0, 0.1) is 0 Å². The summed E-state index contributed by atoms with van der Waals surface area (Å²) in [7, 11) is 1.67. The highest BCUT2D eigenvalue weighted by atomic mass is 16.5. The van der Waals surface area contributed by atoms with Gasteiger partial charge >= 0.3 is 0 Å². The van der Waals surface area contributed by atoms with Gasteiger partial charge in [0.15, 0.2) is 0 Å². The van der Waals surface area contributed by atoms with Crippen molar-refractivity contribution >= 4 is 34.1 Å². The monoisotopic (exact) mass is 366 g/mol. The van der Waals surface area contributed by atoms with Gasteiger partial charge in [-0.05, 0) is 30.3 Å². The van der Waals surface area contributed by atoms with Crippen LogP contribution in [0.2, 0.25) is 0 Å². The third kappa shape index (κ3) is 2.42. The molecule has 0 atom stereocenters. The highest BCUT2D eigenvalue weighted by Crippen LogP contribution is 2.40. The number of carbonyl (C=O) groups excluding carboxylic acids is 1. The van der Waals surface area contributed by atoms with E-state index < -0.39 is 0 Å². The van der Waals surface area contributed by atoms with Crippen molar-refractivity contribution in [3.63, 3.8) is 0 Å². The van der Waals surface area contributed by atoms with Gasteiger partial charge < -0.3 is 10.1 Å². The maximum Gasteiger partial charge on any atom is 0.256 e. The number of hydrogen-bond donors (Lipinski definition) is 1. The fourth-order valence-electron chi connectivity index (χ4n) is 3.84. The van der Waals surface area contributed by atoms with Crippen molar-refractivity contribution in [2.45, 2.75) is 0 Å². The minimum absolute atomic E-state index is 0.0974. The lowest BCUT2D eigenvalue weighted by molar-refractivity contribution is -0.110. The van der Waals surface area contributed by atoms with Crippen LogP contribution in [0.25, 0.3) is 28.2 Å². The normalized spacial score (nSPS) is 14.3. The zero-order chi connectivity index (χ0) is 19.1. The molecule has 0 unspecified atom stereocenters. The average molecular weight is 366 g/mol. The lowest BCUT2D eigenvalue weighted by atomic mass is 10.0. The van der Waals surface area contributed by atoms with Crippen LogP contribution in [0.15, 0.2) is 78.9 Å². The van der Waals surface area contributed by atoms with E-state index in [1.807, 2.05) is 72.8 Å². The van der Waals surface area contributed by atoms with E-state index in [0.717, 1.165) is 33.4 Å². The molecule has 1 aromatic heterocycles. The van der Waals surface area contributed by atoms with E-state index in [-0.39, 0.29) is 5.91 Å². The van der Waals surface area contributed by atoms with Crippen LogP contribution in [0.4, 0.5) is 5.69 Å². The summed E-state index contributed by atoms with van der Waals surface area (Å²) in [5, 5.41) is 3.97. The summed E-state index contributed by atoms with van der Waals surface area (Å²) >= 11 is 0. The van der Waals surface area contributed by atoms with Crippen LogP contribution in [0.5, 0.6) is 5.88 Å². The Kier molecular flexibility index (Phi) is 3.76. The maximum absolute atomic E-state index is 12.6. The van der Waals surface area contributed by atoms with Gasteiger partial charge in [0.2, 0.25) is 5.88 Å². The molecule has 1 aliphatic heterocycles. The van der Waals surface area contributed by atoms with Gasteiger partial charge in [0.05, 0.1) is 12.6 Å². The summed E-state index contributed by atoms with van der Waals surface area (Å²) < 4.78 is 7.92. The highest BCUT2D eigenvalue weighted by molar-refractivity contribution is 6.35. The van der Waals surface area contributed by atoms with Crippen molar-refractivity contribution in [1.29, 1.82) is 0 Å². The standard InChI is InChI=1S/C24H18N2O2/c1-28-24-20(15-19-17-11-5-7-13-21(17)25-23(19)27)18-12-6-8-14-22(18)26(24)16-9-3-2-4-10-16/h2-15H,1H3,(H,25,27)/b19-15+. The van der Waals surface area contributed by atoms with Crippen molar-refractivity contribution in [2.75, 3.05) is 12.4 Å². The predicted octanol–water partition coefficient (Wildman–Crippen LogP) is 5.13. The van der Waals surface area contributed by atoms with E-state index in [4.69, 9.17) is 4.74 Å². The molecule has 1 N–H and O–H groups in total. The molecule has 2 heterocycles. The van der Waals surface area contributed by atoms with Crippen LogP contribution in [0.3, 0.4) is 0 Å². The Balaban J connectivity index is 1.81. The number of fused-ring (bicyclic) bond motifs is 2. The zero-order valence-electron chi connectivity index (χ0n) is 15.3. The molecule has 5 rings (SSSR count). The Hall–Kier alpha value is -3.79. The van der Waals surface area contributed by atoms with Gasteiger partial charge in [0.25, 0.3) is 5.91 Å². The molecule has 0 aliphatic carbocycles. The van der Waals surface area contributed by atoms with Crippen LogP contribution in [0.1, 0.15) is 11.1 Å². The number of rotatable bonds is 3. The summed E-state index contributed by atoms with van der Waals surface area (Å²) in [5.74, 6) is 0.608. The first-order valence-electron chi connectivity index (χ1n) is 9.13. The summed E-state index contributed by atoms with van der Waals surface area (Å²) in [6, 6.07) is 26.0. The second-order valence-electron chi connectivity index (χ2n) is 6.67. The first-order valence-corrected chi connectivity index (χ1v) is 9.13. The van der Waals surface area contributed by atoms with E-state index in [1.165, 1.54) is 0 Å². The molecule has 4 heteroatoms. The molecular weight excluding hydrogens is 348 g/mol. The second kappa shape index (κ2) is 6.43. The van der Waals surface area contributed by atoms with E-state index in [9.17, 15) is 4.79 Å². The van der Waals surface area contributed by atoms with Crippen molar-refractivity contribution in [1.82, 2.24) is 4.57 Å². The summed E-state index contributed by atoms with van der Waals surface area (Å²) in [5.41, 5.74) is 5.32. The van der Waals surface area contributed by atoms with Gasteiger partial charge in [-0.3, -0.25) is 9.36 Å². The van der Waals surface area contributed by atoms with E-state index >= 15 is 0 Å². The van der Waals surface area contributed by atoms with Crippen molar-refractivity contribution < 1.29 is 9.53 Å². The second-order valence-corrected chi connectivity index (χ2v) is 6.67. The Morgan fingerprint density at radius 2 is 1.61 bits per heavy atom. The topological polar surface area (TPSA) is 43.3 Å². The molecule has 4 aromatic rings. The van der Waals surface area contributed by atoms with E-state index in [0.29, 0.717) is 11.5 Å².